The highest BCUT2D eigenvalue weighted by Gasteiger charge is 2.25. The first-order valence-electron chi connectivity index (χ1n) is 6.93. The molecule has 0 amide bonds. The average Bonchev–Trinajstić information content (AvgIpc) is 2.30. The van der Waals surface area contributed by atoms with Crippen molar-refractivity contribution in [1.82, 2.24) is 4.90 Å². The monoisotopic (exact) mass is 261 g/mol. The Labute approximate surface area is 117 Å². The normalized spacial score (nSPS) is 13.7. The standard InChI is InChI=1S/C17H27NO/c1-12-8-9-15(10-13(12)2)16(19)11-18(7)14(3)17(4,5)6/h8-10,14H,11H2,1-7H3. The molecule has 1 rings (SSSR count). The smallest absolute Gasteiger partial charge is 0.176 e. The van der Waals surface area contributed by atoms with Gasteiger partial charge in [-0.25, -0.2) is 0 Å². The van der Waals surface area contributed by atoms with Gasteiger partial charge in [-0.15, -0.1) is 0 Å². The number of Topliss-reactive ketones (excluding diaryl/α,β-unsaturated/α-hetero) is 1. The Kier molecular flexibility index (Phi) is 4.92. The van der Waals surface area contributed by atoms with Gasteiger partial charge in [-0.1, -0.05) is 32.9 Å². The summed E-state index contributed by atoms with van der Waals surface area (Å²) >= 11 is 0. The SMILES string of the molecule is Cc1ccc(C(=O)CN(C)C(C)C(C)(C)C)cc1C. The van der Waals surface area contributed by atoms with Gasteiger partial charge < -0.3 is 0 Å². The van der Waals surface area contributed by atoms with Gasteiger partial charge in [0.25, 0.3) is 0 Å². The molecule has 106 valence electrons. The number of carbonyl (C=O) groups is 1. The van der Waals surface area contributed by atoms with Gasteiger partial charge in [0.2, 0.25) is 0 Å². The van der Waals surface area contributed by atoms with Gasteiger partial charge in [0.1, 0.15) is 0 Å². The minimum Gasteiger partial charge on any atom is -0.296 e. The third kappa shape index (κ3) is 4.17. The average molecular weight is 261 g/mol. The van der Waals surface area contributed by atoms with Crippen LogP contribution in [0.4, 0.5) is 0 Å². The van der Waals surface area contributed by atoms with Gasteiger partial charge in [0.15, 0.2) is 5.78 Å². The van der Waals surface area contributed by atoms with Crippen LogP contribution in [0.2, 0.25) is 0 Å². The molecule has 2 nitrogen and oxygen atoms in total. The summed E-state index contributed by atoms with van der Waals surface area (Å²) in [6.07, 6.45) is 0. The van der Waals surface area contributed by atoms with Crippen LogP contribution >= 0.6 is 0 Å². The molecule has 0 radical (unpaired) electrons. The summed E-state index contributed by atoms with van der Waals surface area (Å²) in [5.41, 5.74) is 3.40. The number of hydrogen-bond acceptors (Lipinski definition) is 2. The number of likely N-dealkylation sites (N-methyl/N-ethyl adjacent to an activating group) is 1. The number of hydrogen-bond donors (Lipinski definition) is 0. The number of aryl methyl sites for hydroxylation is 2. The largest absolute Gasteiger partial charge is 0.296 e. The second kappa shape index (κ2) is 5.87. The van der Waals surface area contributed by atoms with E-state index < -0.39 is 0 Å². The molecule has 0 bridgehead atoms. The van der Waals surface area contributed by atoms with Crippen LogP contribution in [0.25, 0.3) is 0 Å². The Morgan fingerprint density at radius 2 is 1.79 bits per heavy atom. The van der Waals surface area contributed by atoms with E-state index in [1.165, 1.54) is 11.1 Å². The molecule has 1 aromatic carbocycles. The number of carbonyl (C=O) groups excluding carboxylic acids is 1. The summed E-state index contributed by atoms with van der Waals surface area (Å²) in [6, 6.07) is 6.31. The van der Waals surface area contributed by atoms with Crippen molar-refractivity contribution in [1.29, 1.82) is 0 Å². The maximum absolute atomic E-state index is 12.3. The van der Waals surface area contributed by atoms with Crippen molar-refractivity contribution in [3.05, 3.63) is 34.9 Å². The summed E-state index contributed by atoms with van der Waals surface area (Å²) in [6.45, 7) is 13.4. The first-order valence-corrected chi connectivity index (χ1v) is 6.93. The van der Waals surface area contributed by atoms with Crippen LogP contribution in [0, 0.1) is 19.3 Å². The number of benzene rings is 1. The van der Waals surface area contributed by atoms with Crippen LogP contribution in [-0.4, -0.2) is 30.3 Å². The zero-order valence-corrected chi connectivity index (χ0v) is 13.4. The molecule has 0 heterocycles. The first-order chi connectivity index (χ1) is 8.62. The number of nitrogens with zero attached hydrogens (tertiary/aromatic N) is 1. The summed E-state index contributed by atoms with van der Waals surface area (Å²) in [7, 11) is 2.02. The summed E-state index contributed by atoms with van der Waals surface area (Å²) in [4.78, 5) is 14.4. The van der Waals surface area contributed by atoms with Gasteiger partial charge in [0, 0.05) is 11.6 Å². The summed E-state index contributed by atoms with van der Waals surface area (Å²) in [5, 5.41) is 0. The Bertz CT molecular complexity index is 457. The first kappa shape index (κ1) is 15.9. The van der Waals surface area contributed by atoms with Crippen molar-refractivity contribution in [2.45, 2.75) is 47.6 Å². The van der Waals surface area contributed by atoms with E-state index in [1.807, 2.05) is 32.2 Å². The molecular weight excluding hydrogens is 234 g/mol. The van der Waals surface area contributed by atoms with Gasteiger partial charge in [-0.05, 0) is 50.4 Å². The minimum atomic E-state index is 0.179. The molecule has 0 fully saturated rings. The van der Waals surface area contributed by atoms with Gasteiger partial charge in [0.05, 0.1) is 6.54 Å². The van der Waals surface area contributed by atoms with Crippen molar-refractivity contribution in [3.63, 3.8) is 0 Å². The van der Waals surface area contributed by atoms with Crippen LogP contribution < -0.4 is 0 Å². The molecule has 0 aromatic heterocycles. The fourth-order valence-electron chi connectivity index (χ4n) is 2.03. The number of rotatable bonds is 4. The zero-order valence-electron chi connectivity index (χ0n) is 13.4. The maximum atomic E-state index is 12.3. The van der Waals surface area contributed by atoms with Crippen LogP contribution in [0.1, 0.15) is 49.2 Å². The third-order valence-electron chi connectivity index (χ3n) is 4.14. The molecule has 0 saturated heterocycles. The molecular formula is C17H27NO. The summed E-state index contributed by atoms with van der Waals surface area (Å²) in [5.74, 6) is 0.196. The second-order valence-corrected chi connectivity index (χ2v) is 6.68. The molecule has 0 N–H and O–H groups in total. The molecule has 0 spiro atoms. The van der Waals surface area contributed by atoms with E-state index in [9.17, 15) is 4.79 Å². The molecule has 1 atom stereocenters. The van der Waals surface area contributed by atoms with Gasteiger partial charge in [-0.3, -0.25) is 9.69 Å². The predicted molar refractivity (Wildman–Crippen MR) is 81.8 cm³/mol. The lowest BCUT2D eigenvalue weighted by Gasteiger charge is -2.35. The molecule has 0 saturated carbocycles. The quantitative estimate of drug-likeness (QED) is 0.767. The molecule has 19 heavy (non-hydrogen) atoms. The van der Waals surface area contributed by atoms with Gasteiger partial charge >= 0.3 is 0 Å². The van der Waals surface area contributed by atoms with Crippen LogP contribution in [0.3, 0.4) is 0 Å². The predicted octanol–water partition coefficient (Wildman–Crippen LogP) is 3.85. The van der Waals surface area contributed by atoms with E-state index in [2.05, 4.69) is 39.5 Å². The molecule has 0 aliphatic carbocycles. The van der Waals surface area contributed by atoms with Crippen molar-refractivity contribution in [3.8, 4) is 0 Å². The highest BCUT2D eigenvalue weighted by atomic mass is 16.1. The second-order valence-electron chi connectivity index (χ2n) is 6.68. The molecule has 0 aliphatic heterocycles. The van der Waals surface area contributed by atoms with Crippen molar-refractivity contribution >= 4 is 5.78 Å². The molecule has 2 heteroatoms. The van der Waals surface area contributed by atoms with Crippen molar-refractivity contribution in [2.24, 2.45) is 5.41 Å². The van der Waals surface area contributed by atoms with E-state index in [0.717, 1.165) is 5.56 Å². The lowest BCUT2D eigenvalue weighted by atomic mass is 9.87. The van der Waals surface area contributed by atoms with E-state index in [1.54, 1.807) is 0 Å². The van der Waals surface area contributed by atoms with E-state index in [4.69, 9.17) is 0 Å². The Hall–Kier alpha value is -1.15. The highest BCUT2D eigenvalue weighted by Crippen LogP contribution is 2.23. The zero-order chi connectivity index (χ0) is 14.8. The van der Waals surface area contributed by atoms with Gasteiger partial charge in [-0.2, -0.15) is 0 Å². The molecule has 1 aromatic rings. The van der Waals surface area contributed by atoms with Crippen LogP contribution in [0.15, 0.2) is 18.2 Å². The minimum absolute atomic E-state index is 0.179. The molecule has 0 aliphatic rings. The fraction of sp³-hybridized carbons (Fsp3) is 0.588. The highest BCUT2D eigenvalue weighted by molar-refractivity contribution is 5.97. The Morgan fingerprint density at radius 3 is 2.26 bits per heavy atom. The van der Waals surface area contributed by atoms with Crippen molar-refractivity contribution in [2.75, 3.05) is 13.6 Å². The Balaban J connectivity index is 2.77. The van der Waals surface area contributed by atoms with Crippen LogP contribution in [-0.2, 0) is 0 Å². The number of ketones is 1. The third-order valence-corrected chi connectivity index (χ3v) is 4.14. The van der Waals surface area contributed by atoms with E-state index >= 15 is 0 Å². The Morgan fingerprint density at radius 1 is 1.21 bits per heavy atom. The van der Waals surface area contributed by atoms with Crippen LogP contribution in [0.5, 0.6) is 0 Å². The molecule has 1 unspecified atom stereocenters. The van der Waals surface area contributed by atoms with E-state index in [-0.39, 0.29) is 11.2 Å². The fourth-order valence-corrected chi connectivity index (χ4v) is 2.03. The van der Waals surface area contributed by atoms with E-state index in [0.29, 0.717) is 12.6 Å². The topological polar surface area (TPSA) is 20.3 Å². The lowest BCUT2D eigenvalue weighted by molar-refractivity contribution is 0.0853. The maximum Gasteiger partial charge on any atom is 0.176 e. The lowest BCUT2D eigenvalue weighted by Crippen LogP contribution is -2.41. The van der Waals surface area contributed by atoms with Crippen molar-refractivity contribution < 1.29 is 4.79 Å². The summed E-state index contributed by atoms with van der Waals surface area (Å²) < 4.78 is 0.